The molecule has 1 unspecified atom stereocenters. The average molecular weight is 281 g/mol. The van der Waals surface area contributed by atoms with E-state index in [1.165, 1.54) is 30.2 Å². The molecule has 0 saturated carbocycles. The summed E-state index contributed by atoms with van der Waals surface area (Å²) < 4.78 is 9.80. The fourth-order valence-electron chi connectivity index (χ4n) is 1.97. The molecule has 108 valence electrons. The molecule has 0 radical (unpaired) electrons. The van der Waals surface area contributed by atoms with Gasteiger partial charge in [0.2, 0.25) is 0 Å². The van der Waals surface area contributed by atoms with Gasteiger partial charge in [0.1, 0.15) is 11.5 Å². The summed E-state index contributed by atoms with van der Waals surface area (Å²) in [6, 6.07) is 3.70. The van der Waals surface area contributed by atoms with Crippen molar-refractivity contribution in [3.63, 3.8) is 0 Å². The van der Waals surface area contributed by atoms with Crippen molar-refractivity contribution < 1.29 is 29.3 Å². The van der Waals surface area contributed by atoms with Gasteiger partial charge in [0.05, 0.1) is 25.8 Å². The summed E-state index contributed by atoms with van der Waals surface area (Å²) in [5.41, 5.74) is -0.0180. The number of amides is 1. The summed E-state index contributed by atoms with van der Waals surface area (Å²) in [7, 11) is 1.24. The zero-order valence-corrected chi connectivity index (χ0v) is 10.9. The molecule has 1 saturated heterocycles. The number of carbonyl (C=O) groups excluding carboxylic acids is 2. The number of phenolic OH excluding ortho intramolecular Hbond substituents is 2. The molecule has 2 N–H and O–H groups in total. The molecule has 1 aliphatic heterocycles. The largest absolute Gasteiger partial charge is 0.508 e. The Kier molecular flexibility index (Phi) is 4.09. The van der Waals surface area contributed by atoms with Gasteiger partial charge in [0.25, 0.3) is 5.91 Å². The lowest BCUT2D eigenvalue weighted by atomic mass is 10.1. The molecule has 20 heavy (non-hydrogen) atoms. The number of hydrogen-bond donors (Lipinski definition) is 2. The average Bonchev–Trinajstić information content (AvgIpc) is 2.48. The third-order valence-corrected chi connectivity index (χ3v) is 3.03. The van der Waals surface area contributed by atoms with Gasteiger partial charge < -0.3 is 24.6 Å². The van der Waals surface area contributed by atoms with Crippen LogP contribution in [0, 0.1) is 0 Å². The molecule has 1 aromatic rings. The highest BCUT2D eigenvalue weighted by molar-refractivity contribution is 5.97. The van der Waals surface area contributed by atoms with Gasteiger partial charge in [-0.25, -0.2) is 4.79 Å². The van der Waals surface area contributed by atoms with Crippen LogP contribution in [0.25, 0.3) is 0 Å². The summed E-state index contributed by atoms with van der Waals surface area (Å²) in [5.74, 6) is -1.38. The van der Waals surface area contributed by atoms with Gasteiger partial charge in [-0.2, -0.15) is 0 Å². The van der Waals surface area contributed by atoms with Crippen molar-refractivity contribution in [3.8, 4) is 11.5 Å². The fraction of sp³-hybridized carbons (Fsp3) is 0.385. The van der Waals surface area contributed by atoms with E-state index in [-0.39, 0.29) is 30.2 Å². The van der Waals surface area contributed by atoms with Crippen molar-refractivity contribution in [1.82, 2.24) is 4.90 Å². The summed E-state index contributed by atoms with van der Waals surface area (Å²) in [6.07, 6.45) is -0.836. The third kappa shape index (κ3) is 2.83. The number of rotatable bonds is 2. The molecule has 0 aromatic heterocycles. The zero-order chi connectivity index (χ0) is 14.7. The van der Waals surface area contributed by atoms with Gasteiger partial charge in [-0.3, -0.25) is 4.79 Å². The molecule has 2 rings (SSSR count). The number of ether oxygens (including phenoxy) is 2. The van der Waals surface area contributed by atoms with Gasteiger partial charge in [0.15, 0.2) is 6.10 Å². The topological polar surface area (TPSA) is 96.3 Å². The van der Waals surface area contributed by atoms with E-state index in [9.17, 15) is 19.8 Å². The first-order valence-corrected chi connectivity index (χ1v) is 6.03. The van der Waals surface area contributed by atoms with Gasteiger partial charge >= 0.3 is 5.97 Å². The standard InChI is InChI=1S/C13H15NO6/c1-19-13(18)11-7-14(4-5-20-11)12(17)9-6-8(15)2-3-10(9)16/h2-3,6,11,15-16H,4-5,7H2,1H3. The maximum Gasteiger partial charge on any atom is 0.336 e. The summed E-state index contributed by atoms with van der Waals surface area (Å²) >= 11 is 0. The van der Waals surface area contributed by atoms with E-state index in [2.05, 4.69) is 4.74 Å². The minimum atomic E-state index is -0.836. The summed E-state index contributed by atoms with van der Waals surface area (Å²) in [6.45, 7) is 0.535. The van der Waals surface area contributed by atoms with Gasteiger partial charge in [-0.1, -0.05) is 0 Å². The fourth-order valence-corrected chi connectivity index (χ4v) is 1.97. The van der Waals surface area contributed by atoms with Crippen molar-refractivity contribution in [1.29, 1.82) is 0 Å². The molecule has 1 fully saturated rings. The molecular weight excluding hydrogens is 266 g/mol. The van der Waals surface area contributed by atoms with Crippen molar-refractivity contribution in [2.45, 2.75) is 6.10 Å². The Morgan fingerprint density at radius 3 is 2.85 bits per heavy atom. The number of hydrogen-bond acceptors (Lipinski definition) is 6. The normalized spacial score (nSPS) is 18.6. The summed E-state index contributed by atoms with van der Waals surface area (Å²) in [4.78, 5) is 25.1. The molecule has 0 spiro atoms. The van der Waals surface area contributed by atoms with E-state index in [1.54, 1.807) is 0 Å². The monoisotopic (exact) mass is 281 g/mol. The van der Waals surface area contributed by atoms with Crippen molar-refractivity contribution in [3.05, 3.63) is 23.8 Å². The van der Waals surface area contributed by atoms with Gasteiger partial charge in [-0.15, -0.1) is 0 Å². The molecule has 0 aliphatic carbocycles. The smallest absolute Gasteiger partial charge is 0.336 e. The maximum atomic E-state index is 12.3. The molecule has 7 heteroatoms. The van der Waals surface area contributed by atoms with Gasteiger partial charge in [0, 0.05) is 6.54 Å². The lowest BCUT2D eigenvalue weighted by molar-refractivity contribution is -0.158. The van der Waals surface area contributed by atoms with Crippen LogP contribution in [0.1, 0.15) is 10.4 Å². The highest BCUT2D eigenvalue weighted by Gasteiger charge is 2.31. The third-order valence-electron chi connectivity index (χ3n) is 3.03. The Morgan fingerprint density at radius 2 is 2.15 bits per heavy atom. The van der Waals surface area contributed by atoms with Gasteiger partial charge in [-0.05, 0) is 18.2 Å². The lowest BCUT2D eigenvalue weighted by Crippen LogP contribution is -2.48. The molecule has 0 bridgehead atoms. The second kappa shape index (κ2) is 5.79. The predicted octanol–water partition coefficient (Wildman–Crippen LogP) is 0.112. The number of methoxy groups -OCH3 is 1. The minimum absolute atomic E-state index is 0.0180. The molecular formula is C13H15NO6. The number of phenols is 2. The first-order chi connectivity index (χ1) is 9.52. The number of carbonyl (C=O) groups is 2. The van der Waals surface area contributed by atoms with Crippen LogP contribution < -0.4 is 0 Å². The molecule has 1 heterocycles. The summed E-state index contributed by atoms with van der Waals surface area (Å²) in [5, 5.41) is 19.1. The number of esters is 1. The van der Waals surface area contributed by atoms with E-state index >= 15 is 0 Å². The van der Waals surface area contributed by atoms with Crippen molar-refractivity contribution in [2.24, 2.45) is 0 Å². The quantitative estimate of drug-likeness (QED) is 0.590. The highest BCUT2D eigenvalue weighted by atomic mass is 16.6. The Labute approximate surface area is 115 Å². The number of nitrogens with zero attached hydrogens (tertiary/aromatic N) is 1. The molecule has 7 nitrogen and oxygen atoms in total. The maximum absolute atomic E-state index is 12.3. The number of morpholine rings is 1. The van der Waals surface area contributed by atoms with Crippen LogP contribution >= 0.6 is 0 Å². The van der Waals surface area contributed by atoms with E-state index < -0.39 is 18.0 Å². The Bertz CT molecular complexity index is 530. The first kappa shape index (κ1) is 14.1. The molecule has 1 aliphatic rings. The van der Waals surface area contributed by atoms with Crippen LogP contribution in [0.4, 0.5) is 0 Å². The van der Waals surface area contributed by atoms with Crippen LogP contribution in [-0.4, -0.2) is 59.9 Å². The molecule has 1 atom stereocenters. The lowest BCUT2D eigenvalue weighted by Gasteiger charge is -2.31. The Balaban J connectivity index is 2.16. The highest BCUT2D eigenvalue weighted by Crippen LogP contribution is 2.24. The number of aromatic hydroxyl groups is 2. The number of benzene rings is 1. The minimum Gasteiger partial charge on any atom is -0.508 e. The Morgan fingerprint density at radius 1 is 1.40 bits per heavy atom. The zero-order valence-electron chi connectivity index (χ0n) is 10.9. The van der Waals surface area contributed by atoms with Crippen LogP contribution in [-0.2, 0) is 14.3 Å². The predicted molar refractivity (Wildman–Crippen MR) is 67.4 cm³/mol. The molecule has 1 amide bonds. The van der Waals surface area contributed by atoms with Crippen LogP contribution in [0.5, 0.6) is 11.5 Å². The Hall–Kier alpha value is -2.28. The van der Waals surface area contributed by atoms with E-state index in [4.69, 9.17) is 4.74 Å². The van der Waals surface area contributed by atoms with Crippen molar-refractivity contribution >= 4 is 11.9 Å². The van der Waals surface area contributed by atoms with E-state index in [1.807, 2.05) is 0 Å². The second-order valence-electron chi connectivity index (χ2n) is 4.34. The molecule has 1 aromatic carbocycles. The van der Waals surface area contributed by atoms with Crippen molar-refractivity contribution in [2.75, 3.05) is 26.8 Å². The van der Waals surface area contributed by atoms with Crippen LogP contribution in [0.3, 0.4) is 0 Å². The van der Waals surface area contributed by atoms with Crippen LogP contribution in [0.2, 0.25) is 0 Å². The SMILES string of the molecule is COC(=O)C1CN(C(=O)c2cc(O)ccc2O)CCO1. The van der Waals surface area contributed by atoms with E-state index in [0.29, 0.717) is 6.54 Å². The van der Waals surface area contributed by atoms with Crippen LogP contribution in [0.15, 0.2) is 18.2 Å². The first-order valence-electron chi connectivity index (χ1n) is 6.03. The van der Waals surface area contributed by atoms with E-state index in [0.717, 1.165) is 0 Å². The second-order valence-corrected chi connectivity index (χ2v) is 4.34.